The van der Waals surface area contributed by atoms with Crippen LogP contribution in [0.5, 0.6) is 0 Å². The third-order valence-corrected chi connectivity index (χ3v) is 2.77. The lowest BCUT2D eigenvalue weighted by atomic mass is 10.1. The topological polar surface area (TPSA) is 67.4 Å². The zero-order valence-electron chi connectivity index (χ0n) is 12.9. The maximum atomic E-state index is 12.1. The molecule has 1 aromatic carbocycles. The average molecular weight is 290 g/mol. The van der Waals surface area contributed by atoms with Gasteiger partial charge < -0.3 is 15.4 Å². The fourth-order valence-corrected chi connectivity index (χ4v) is 1.65. The standard InChI is InChI=1S/C16H22N2O3/c1-5-12-6-8-13(9-7-12)18-14(10-15(19)21-4)16(20)17-11(2)3/h6-11,18H,5H2,1-4H3,(H,17,20)/b14-10-. The van der Waals surface area contributed by atoms with Crippen LogP contribution in [0.15, 0.2) is 36.0 Å². The molecule has 0 aliphatic carbocycles. The van der Waals surface area contributed by atoms with Crippen LogP contribution >= 0.6 is 0 Å². The van der Waals surface area contributed by atoms with Crippen LogP contribution in [0.3, 0.4) is 0 Å². The van der Waals surface area contributed by atoms with Crippen molar-refractivity contribution in [3.8, 4) is 0 Å². The van der Waals surface area contributed by atoms with E-state index in [-0.39, 0.29) is 17.6 Å². The molecule has 0 bridgehead atoms. The number of esters is 1. The normalized spacial score (nSPS) is 11.2. The van der Waals surface area contributed by atoms with Crippen molar-refractivity contribution in [2.45, 2.75) is 33.2 Å². The summed E-state index contributed by atoms with van der Waals surface area (Å²) in [5.74, 6) is -0.934. The maximum absolute atomic E-state index is 12.1. The van der Waals surface area contributed by atoms with Gasteiger partial charge in [-0.05, 0) is 38.0 Å². The number of rotatable bonds is 6. The number of ether oxygens (including phenoxy) is 1. The third-order valence-electron chi connectivity index (χ3n) is 2.77. The molecule has 1 rings (SSSR count). The van der Waals surface area contributed by atoms with Crippen molar-refractivity contribution in [3.05, 3.63) is 41.6 Å². The second kappa shape index (κ2) is 8.09. The summed E-state index contributed by atoms with van der Waals surface area (Å²) in [4.78, 5) is 23.5. The SMILES string of the molecule is CCc1ccc(N/C(=C\C(=O)OC)C(=O)NC(C)C)cc1. The zero-order valence-corrected chi connectivity index (χ0v) is 12.9. The van der Waals surface area contributed by atoms with E-state index in [4.69, 9.17) is 0 Å². The molecule has 1 aromatic rings. The molecule has 5 heteroatoms. The lowest BCUT2D eigenvalue weighted by molar-refractivity contribution is -0.135. The molecule has 2 N–H and O–H groups in total. The van der Waals surface area contributed by atoms with E-state index in [1.165, 1.54) is 12.7 Å². The Balaban J connectivity index is 2.93. The smallest absolute Gasteiger partial charge is 0.332 e. The maximum Gasteiger partial charge on any atom is 0.332 e. The van der Waals surface area contributed by atoms with Crippen LogP contribution in [0.4, 0.5) is 5.69 Å². The summed E-state index contributed by atoms with van der Waals surface area (Å²) >= 11 is 0. The molecule has 0 radical (unpaired) electrons. The van der Waals surface area contributed by atoms with Crippen molar-refractivity contribution in [1.29, 1.82) is 0 Å². The van der Waals surface area contributed by atoms with Crippen molar-refractivity contribution < 1.29 is 14.3 Å². The van der Waals surface area contributed by atoms with E-state index >= 15 is 0 Å². The second-order valence-corrected chi connectivity index (χ2v) is 4.88. The largest absolute Gasteiger partial charge is 0.466 e. The molecule has 0 unspecified atom stereocenters. The summed E-state index contributed by atoms with van der Waals surface area (Å²) in [6.45, 7) is 5.77. The number of amides is 1. The summed E-state index contributed by atoms with van der Waals surface area (Å²) in [6.07, 6.45) is 2.09. The van der Waals surface area contributed by atoms with Crippen LogP contribution in [-0.4, -0.2) is 25.0 Å². The van der Waals surface area contributed by atoms with E-state index < -0.39 is 5.97 Å². The minimum Gasteiger partial charge on any atom is -0.466 e. The Hall–Kier alpha value is -2.30. The Bertz CT molecular complexity index is 519. The molecular formula is C16H22N2O3. The second-order valence-electron chi connectivity index (χ2n) is 4.88. The molecule has 114 valence electrons. The van der Waals surface area contributed by atoms with Gasteiger partial charge in [-0.25, -0.2) is 4.79 Å². The van der Waals surface area contributed by atoms with Gasteiger partial charge in [-0.2, -0.15) is 0 Å². The van der Waals surface area contributed by atoms with Crippen LogP contribution in [0.2, 0.25) is 0 Å². The predicted molar refractivity (Wildman–Crippen MR) is 82.8 cm³/mol. The highest BCUT2D eigenvalue weighted by Crippen LogP contribution is 2.13. The Morgan fingerprint density at radius 2 is 1.86 bits per heavy atom. The third kappa shape index (κ3) is 5.69. The van der Waals surface area contributed by atoms with E-state index in [2.05, 4.69) is 22.3 Å². The van der Waals surface area contributed by atoms with E-state index in [1.807, 2.05) is 38.1 Å². The van der Waals surface area contributed by atoms with Gasteiger partial charge >= 0.3 is 5.97 Å². The van der Waals surface area contributed by atoms with Gasteiger partial charge in [0.2, 0.25) is 0 Å². The molecule has 0 aromatic heterocycles. The predicted octanol–water partition coefficient (Wildman–Crippen LogP) is 2.24. The minimum atomic E-state index is -0.582. The van der Waals surface area contributed by atoms with E-state index in [0.717, 1.165) is 18.2 Å². The molecular weight excluding hydrogens is 268 g/mol. The van der Waals surface area contributed by atoms with Crippen molar-refractivity contribution in [1.82, 2.24) is 5.32 Å². The van der Waals surface area contributed by atoms with Gasteiger partial charge in [0.05, 0.1) is 13.2 Å². The fraction of sp³-hybridized carbons (Fsp3) is 0.375. The van der Waals surface area contributed by atoms with Gasteiger partial charge in [-0.3, -0.25) is 4.79 Å². The molecule has 0 aliphatic rings. The molecule has 0 atom stereocenters. The monoisotopic (exact) mass is 290 g/mol. The van der Waals surface area contributed by atoms with E-state index in [9.17, 15) is 9.59 Å². The summed E-state index contributed by atoms with van der Waals surface area (Å²) in [6, 6.07) is 7.65. The summed E-state index contributed by atoms with van der Waals surface area (Å²) < 4.78 is 4.57. The highest BCUT2D eigenvalue weighted by molar-refractivity contribution is 6.01. The number of carbonyl (C=O) groups excluding carboxylic acids is 2. The Kier molecular flexibility index (Phi) is 6.46. The molecule has 5 nitrogen and oxygen atoms in total. The van der Waals surface area contributed by atoms with Crippen LogP contribution < -0.4 is 10.6 Å². The Morgan fingerprint density at radius 1 is 1.24 bits per heavy atom. The van der Waals surface area contributed by atoms with Crippen molar-refractivity contribution in [2.24, 2.45) is 0 Å². The number of methoxy groups -OCH3 is 1. The number of hydrogen-bond donors (Lipinski definition) is 2. The lowest BCUT2D eigenvalue weighted by Gasteiger charge is -2.13. The van der Waals surface area contributed by atoms with Crippen LogP contribution in [0.1, 0.15) is 26.3 Å². The van der Waals surface area contributed by atoms with Crippen molar-refractivity contribution >= 4 is 17.6 Å². The molecule has 0 saturated carbocycles. The number of benzene rings is 1. The summed E-state index contributed by atoms with van der Waals surface area (Å²) in [5, 5.41) is 5.69. The molecule has 0 heterocycles. The van der Waals surface area contributed by atoms with Crippen LogP contribution in [-0.2, 0) is 20.7 Å². The number of hydrogen-bond acceptors (Lipinski definition) is 4. The van der Waals surface area contributed by atoms with Crippen LogP contribution in [0, 0.1) is 0 Å². The molecule has 0 aliphatic heterocycles. The summed E-state index contributed by atoms with van der Waals surface area (Å²) in [7, 11) is 1.27. The first-order chi connectivity index (χ1) is 9.96. The number of nitrogens with one attached hydrogen (secondary N) is 2. The van der Waals surface area contributed by atoms with Crippen LogP contribution in [0.25, 0.3) is 0 Å². The Morgan fingerprint density at radius 3 is 2.33 bits per heavy atom. The molecule has 0 fully saturated rings. The fourth-order valence-electron chi connectivity index (χ4n) is 1.65. The number of anilines is 1. The Labute approximate surface area is 125 Å². The highest BCUT2D eigenvalue weighted by Gasteiger charge is 2.13. The first-order valence-corrected chi connectivity index (χ1v) is 6.92. The quantitative estimate of drug-likeness (QED) is 0.623. The summed E-state index contributed by atoms with van der Waals surface area (Å²) in [5.41, 5.74) is 2.09. The minimum absolute atomic E-state index is 0.0252. The zero-order chi connectivity index (χ0) is 15.8. The molecule has 0 spiro atoms. The van der Waals surface area contributed by atoms with Gasteiger partial charge in [0.1, 0.15) is 5.70 Å². The van der Waals surface area contributed by atoms with Gasteiger partial charge in [0.15, 0.2) is 0 Å². The first-order valence-electron chi connectivity index (χ1n) is 6.92. The highest BCUT2D eigenvalue weighted by atomic mass is 16.5. The van der Waals surface area contributed by atoms with Gasteiger partial charge in [-0.15, -0.1) is 0 Å². The van der Waals surface area contributed by atoms with Crippen molar-refractivity contribution in [2.75, 3.05) is 12.4 Å². The van der Waals surface area contributed by atoms with Crippen molar-refractivity contribution in [3.63, 3.8) is 0 Å². The molecule has 1 amide bonds. The average Bonchev–Trinajstić information content (AvgIpc) is 2.46. The van der Waals surface area contributed by atoms with Gasteiger partial charge in [0.25, 0.3) is 5.91 Å². The first kappa shape index (κ1) is 16.8. The van der Waals surface area contributed by atoms with E-state index in [1.54, 1.807) is 0 Å². The lowest BCUT2D eigenvalue weighted by Crippen LogP contribution is -2.34. The van der Waals surface area contributed by atoms with Gasteiger partial charge in [-0.1, -0.05) is 19.1 Å². The molecule has 0 saturated heterocycles. The van der Waals surface area contributed by atoms with E-state index in [0.29, 0.717) is 0 Å². The van der Waals surface area contributed by atoms with Gasteiger partial charge in [0, 0.05) is 11.7 Å². The molecule has 21 heavy (non-hydrogen) atoms. The number of carbonyl (C=O) groups is 2. The number of aryl methyl sites for hydroxylation is 1.